The van der Waals surface area contributed by atoms with Gasteiger partial charge >= 0.3 is 5.78 Å². The molecule has 0 fully saturated rings. The fourth-order valence-corrected chi connectivity index (χ4v) is 8.87. The first-order valence-electron chi connectivity index (χ1n) is 22.2. The Bertz CT molecular complexity index is 3860. The number of nitrogens with zero attached hydrogens (tertiary/aromatic N) is 8. The topological polar surface area (TPSA) is 94.3 Å². The van der Waals surface area contributed by atoms with E-state index in [2.05, 4.69) is 133 Å². The molecule has 0 aliphatic carbocycles. The minimum absolute atomic E-state index is 0.489. The van der Waals surface area contributed by atoms with Gasteiger partial charge in [-0.15, -0.1) is 19.9 Å². The van der Waals surface area contributed by atoms with E-state index in [9.17, 15) is 0 Å². The van der Waals surface area contributed by atoms with E-state index in [1.165, 1.54) is 0 Å². The van der Waals surface area contributed by atoms with Gasteiger partial charge in [0.2, 0.25) is 11.5 Å². The summed E-state index contributed by atoms with van der Waals surface area (Å²) in [5.74, 6) is 3.58. The zero-order valence-electron chi connectivity index (χ0n) is 36.4. The lowest BCUT2D eigenvalue weighted by Crippen LogP contribution is -2.30. The van der Waals surface area contributed by atoms with E-state index < -0.39 is 0 Å². The molecular weight excluding hydrogens is 821 g/mol. The smallest absolute Gasteiger partial charge is 0.208 e. The minimum Gasteiger partial charge on any atom is -0.208 e. The van der Waals surface area contributed by atoms with Crippen LogP contribution in [0.5, 0.6) is 0 Å². The number of aryl methyl sites for hydroxylation is 1. The van der Waals surface area contributed by atoms with Crippen molar-refractivity contribution in [1.82, 2.24) is 34.9 Å². The second-order valence-electron chi connectivity index (χ2n) is 16.5. The first-order chi connectivity index (χ1) is 33.1. The summed E-state index contributed by atoms with van der Waals surface area (Å²) in [7, 11) is 0. The van der Waals surface area contributed by atoms with Crippen LogP contribution >= 0.6 is 0 Å². The van der Waals surface area contributed by atoms with Crippen molar-refractivity contribution in [1.29, 1.82) is 0 Å². The number of hydrogen-bond acceptors (Lipinski definition) is 7. The van der Waals surface area contributed by atoms with Gasteiger partial charge in [0.15, 0.2) is 17.5 Å². The van der Waals surface area contributed by atoms with Crippen molar-refractivity contribution in [2.24, 2.45) is 0 Å². The molecule has 0 radical (unpaired) electrons. The molecule has 0 spiro atoms. The predicted molar refractivity (Wildman–Crippen MR) is 268 cm³/mol. The van der Waals surface area contributed by atoms with Crippen LogP contribution in [0.1, 0.15) is 5.69 Å². The summed E-state index contributed by atoms with van der Waals surface area (Å²) in [5.41, 5.74) is 11.1. The van der Waals surface area contributed by atoms with E-state index in [1.807, 2.05) is 96.3 Å². The summed E-state index contributed by atoms with van der Waals surface area (Å²) >= 11 is 0. The molecule has 0 saturated carbocycles. The maximum absolute atomic E-state index is 5.36. The number of aromatic nitrogens is 8. The van der Waals surface area contributed by atoms with E-state index in [0.29, 0.717) is 40.5 Å². The highest BCUT2D eigenvalue weighted by Crippen LogP contribution is 2.36. The normalized spacial score (nSPS) is 11.4. The Morgan fingerprint density at radius 1 is 0.328 bits per heavy atom. The van der Waals surface area contributed by atoms with Gasteiger partial charge in [0, 0.05) is 44.7 Å². The summed E-state index contributed by atoms with van der Waals surface area (Å²) in [6.45, 7) is 2.01. The molecule has 8 aromatic carbocycles. The van der Waals surface area contributed by atoms with Crippen LogP contribution in [0.4, 0.5) is 0 Å². The van der Waals surface area contributed by atoms with E-state index in [0.717, 1.165) is 82.8 Å². The van der Waals surface area contributed by atoms with Crippen molar-refractivity contribution in [3.8, 4) is 79.2 Å². The highest BCUT2D eigenvalue weighted by atomic mass is 15.2. The van der Waals surface area contributed by atoms with Crippen molar-refractivity contribution >= 4 is 38.5 Å². The SMILES string of the molecule is Cc1cc2nc(n1)[n+]1c(-c3ccccc3)nc(-c3ccccc3)nc1c1cccc(c1)c1c(-c3cccc(-c4nc(-c5ccccc5)nc(-c5cccc(-c6ccccc6)c5)n4)c3)cccc21. The van der Waals surface area contributed by atoms with Gasteiger partial charge in [-0.1, -0.05) is 164 Å². The van der Waals surface area contributed by atoms with Crippen molar-refractivity contribution in [3.05, 3.63) is 224 Å². The van der Waals surface area contributed by atoms with Crippen LogP contribution in [0, 0.1) is 6.92 Å². The summed E-state index contributed by atoms with van der Waals surface area (Å²) in [6.07, 6.45) is 0. The molecule has 12 aromatic rings. The van der Waals surface area contributed by atoms with Crippen LogP contribution in [0.25, 0.3) is 118 Å². The number of fused-ring (bicyclic) bond motifs is 10. The van der Waals surface area contributed by atoms with E-state index in [1.54, 1.807) is 0 Å². The van der Waals surface area contributed by atoms with Crippen LogP contribution in [0.2, 0.25) is 0 Å². The zero-order valence-corrected chi connectivity index (χ0v) is 36.4. The Morgan fingerprint density at radius 3 is 1.48 bits per heavy atom. The maximum atomic E-state index is 5.36. The van der Waals surface area contributed by atoms with Crippen molar-refractivity contribution in [3.63, 3.8) is 0 Å². The second-order valence-corrected chi connectivity index (χ2v) is 16.5. The highest BCUT2D eigenvalue weighted by Gasteiger charge is 2.22. The van der Waals surface area contributed by atoms with Gasteiger partial charge in [-0.25, -0.2) is 15.0 Å². The molecule has 4 aromatic heterocycles. The molecule has 0 amide bonds. The molecule has 4 heterocycles. The third-order valence-corrected chi connectivity index (χ3v) is 12.0. The average molecular weight is 860 g/mol. The molecule has 0 aliphatic heterocycles. The molecule has 0 N–H and O–H groups in total. The Labute approximate surface area is 386 Å². The van der Waals surface area contributed by atoms with Gasteiger partial charge in [0.25, 0.3) is 5.82 Å². The largest absolute Gasteiger partial charge is 0.362 e. The quantitative estimate of drug-likeness (QED) is 0.147. The van der Waals surface area contributed by atoms with Crippen LogP contribution in [-0.4, -0.2) is 34.9 Å². The lowest BCUT2D eigenvalue weighted by Gasteiger charge is -2.12. The third-order valence-electron chi connectivity index (χ3n) is 12.0. The first kappa shape index (κ1) is 39.5. The van der Waals surface area contributed by atoms with Gasteiger partial charge in [0.05, 0.1) is 5.69 Å². The summed E-state index contributed by atoms with van der Waals surface area (Å²) in [5, 5.41) is 3.94. The molecule has 8 heteroatoms. The summed E-state index contributed by atoms with van der Waals surface area (Å²) < 4.78 is 2.00. The van der Waals surface area contributed by atoms with Gasteiger partial charge in [-0.3, -0.25) is 0 Å². The molecule has 67 heavy (non-hydrogen) atoms. The Hall–Kier alpha value is -9.14. The molecule has 0 aliphatic rings. The molecule has 8 nitrogen and oxygen atoms in total. The Kier molecular flexibility index (Phi) is 9.87. The molecule has 0 unspecified atom stereocenters. The van der Waals surface area contributed by atoms with Crippen LogP contribution < -0.4 is 4.40 Å². The fraction of sp³-hybridized carbons (Fsp3) is 0.0169. The maximum Gasteiger partial charge on any atom is 0.362 e. The standard InChI is InChI=1S/C59H39N8/c1-38-34-51-50-33-17-32-49(44-27-15-30-47(36-44)56-63-53(40-20-8-3-9-21-40)62-55(64-56)46-29-14-26-43(35-46)39-18-6-2-7-19-39)52(50)45-28-16-31-48(37-45)58-66-54(41-22-10-4-11-23-41)65-57(42-24-12-5-13-25-42)67(58)59(60-38)61-51/h2-37H,1H3/q+1. The molecular formula is C59H39N8+. The van der Waals surface area contributed by atoms with Crippen LogP contribution in [0.3, 0.4) is 0 Å². The summed E-state index contributed by atoms with van der Waals surface area (Å²) in [6, 6.07) is 74.7. The van der Waals surface area contributed by atoms with Gasteiger partial charge in [-0.2, -0.15) is 4.40 Å². The number of hydrogen-bond donors (Lipinski definition) is 0. The van der Waals surface area contributed by atoms with E-state index in [4.69, 9.17) is 34.9 Å². The third kappa shape index (κ3) is 7.52. The lowest BCUT2D eigenvalue weighted by atomic mass is 9.95. The molecule has 0 atom stereocenters. The molecule has 12 rings (SSSR count). The molecule has 314 valence electrons. The van der Waals surface area contributed by atoms with Crippen LogP contribution in [-0.2, 0) is 0 Å². The average Bonchev–Trinajstić information content (AvgIpc) is 3.41. The minimum atomic E-state index is 0.489. The van der Waals surface area contributed by atoms with Gasteiger partial charge in [0.1, 0.15) is 5.52 Å². The number of benzene rings is 8. The number of rotatable bonds is 7. The monoisotopic (exact) mass is 859 g/mol. The predicted octanol–water partition coefficient (Wildman–Crippen LogP) is 13.2. The van der Waals surface area contributed by atoms with Gasteiger partial charge < -0.3 is 0 Å². The molecule has 0 saturated heterocycles. The molecule has 4 bridgehead atoms. The second kappa shape index (κ2) is 16.8. The highest BCUT2D eigenvalue weighted by molar-refractivity contribution is 6.13. The van der Waals surface area contributed by atoms with Crippen molar-refractivity contribution in [2.45, 2.75) is 6.92 Å². The fourth-order valence-electron chi connectivity index (χ4n) is 8.87. The Balaban J connectivity index is 1.09. The van der Waals surface area contributed by atoms with Crippen LogP contribution in [0.15, 0.2) is 218 Å². The Morgan fingerprint density at radius 2 is 0.821 bits per heavy atom. The van der Waals surface area contributed by atoms with Crippen molar-refractivity contribution in [2.75, 3.05) is 0 Å². The van der Waals surface area contributed by atoms with Gasteiger partial charge in [-0.05, 0) is 88.5 Å². The zero-order chi connectivity index (χ0) is 44.7. The lowest BCUT2D eigenvalue weighted by molar-refractivity contribution is -0.479. The van der Waals surface area contributed by atoms with Crippen molar-refractivity contribution < 1.29 is 4.40 Å². The first-order valence-corrected chi connectivity index (χ1v) is 22.2. The summed E-state index contributed by atoms with van der Waals surface area (Å²) in [4.78, 5) is 36.3. The van der Waals surface area contributed by atoms with E-state index >= 15 is 0 Å². The van der Waals surface area contributed by atoms with E-state index in [-0.39, 0.29) is 0 Å².